The highest BCUT2D eigenvalue weighted by molar-refractivity contribution is 5.87. The Morgan fingerprint density at radius 2 is 1.25 bits per heavy atom. The van der Waals surface area contributed by atoms with E-state index in [1.54, 1.807) is 18.2 Å². The minimum atomic E-state index is -0.869. The fourth-order valence-corrected chi connectivity index (χ4v) is 3.58. The van der Waals surface area contributed by atoms with Gasteiger partial charge in [0.25, 0.3) is 0 Å². The number of carboxylic acid groups (broad SMARTS) is 1. The number of aromatic amines is 1. The van der Waals surface area contributed by atoms with Gasteiger partial charge in [0.05, 0.1) is 17.2 Å². The predicted octanol–water partition coefficient (Wildman–Crippen LogP) is 7.70. The van der Waals surface area contributed by atoms with Gasteiger partial charge in [-0.3, -0.25) is 0 Å². The first-order valence-electron chi connectivity index (χ1n) is 13.2. The monoisotopic (exact) mass is 539 g/mol. The van der Waals surface area contributed by atoms with Crippen LogP contribution in [0.25, 0.3) is 11.4 Å². The second kappa shape index (κ2) is 13.2. The molecule has 1 heterocycles. The topological polar surface area (TPSA) is 116 Å². The van der Waals surface area contributed by atoms with Crippen LogP contribution < -0.4 is 0 Å². The average Bonchev–Trinajstić information content (AvgIpc) is 3.43. The van der Waals surface area contributed by atoms with Gasteiger partial charge < -0.3 is 5.11 Å². The Morgan fingerprint density at radius 3 is 1.73 bits per heavy atom. The summed E-state index contributed by atoms with van der Waals surface area (Å²) in [4.78, 5) is 10.7. The van der Waals surface area contributed by atoms with E-state index in [0.717, 1.165) is 16.7 Å². The molecule has 0 unspecified atom stereocenters. The minimum absolute atomic E-state index is 0.00542. The van der Waals surface area contributed by atoms with Gasteiger partial charge in [-0.2, -0.15) is 10.5 Å². The maximum Gasteiger partial charge on any atom is 0.335 e. The van der Waals surface area contributed by atoms with Crippen molar-refractivity contribution in [3.63, 3.8) is 0 Å². The fourth-order valence-electron chi connectivity index (χ4n) is 3.58. The quantitative estimate of drug-likeness (QED) is 0.270. The third-order valence-electron chi connectivity index (χ3n) is 6.17. The van der Waals surface area contributed by atoms with Gasteiger partial charge in [0.15, 0.2) is 0 Å². The molecule has 4 aromatic rings. The van der Waals surface area contributed by atoms with Gasteiger partial charge in [-0.05, 0) is 68.5 Å². The lowest BCUT2D eigenvalue weighted by Crippen LogP contribution is -2.12. The van der Waals surface area contributed by atoms with Crippen LogP contribution in [-0.2, 0) is 16.2 Å². The van der Waals surface area contributed by atoms with Crippen molar-refractivity contribution in [2.45, 2.75) is 78.6 Å². The van der Waals surface area contributed by atoms with Crippen molar-refractivity contribution in [2.24, 2.45) is 0 Å². The van der Waals surface area contributed by atoms with Crippen molar-refractivity contribution in [1.82, 2.24) is 20.6 Å². The molecule has 3 aromatic carbocycles. The summed E-state index contributed by atoms with van der Waals surface area (Å²) >= 11 is 0. The minimum Gasteiger partial charge on any atom is -0.478 e. The van der Waals surface area contributed by atoms with Crippen molar-refractivity contribution >= 4 is 5.97 Å². The number of carboxylic acids is 1. The summed E-state index contributed by atoms with van der Waals surface area (Å²) in [6.07, 6.45) is 0. The zero-order valence-corrected chi connectivity index (χ0v) is 25.1. The zero-order valence-electron chi connectivity index (χ0n) is 25.1. The second-order valence-corrected chi connectivity index (χ2v) is 12.6. The van der Waals surface area contributed by atoms with Gasteiger partial charge in [-0.25, -0.2) is 4.79 Å². The Kier molecular flexibility index (Phi) is 10.5. The van der Waals surface area contributed by atoms with E-state index in [1.165, 1.54) is 11.1 Å². The molecule has 0 bridgehead atoms. The van der Waals surface area contributed by atoms with Crippen molar-refractivity contribution < 1.29 is 9.90 Å². The molecule has 0 aliphatic rings. The molecule has 0 aliphatic heterocycles. The molecule has 7 heteroatoms. The molecule has 0 aliphatic carbocycles. The molecule has 2 N–H and O–H groups in total. The highest BCUT2D eigenvalue weighted by atomic mass is 16.4. The Bertz CT molecular complexity index is 1430. The molecule has 40 heavy (non-hydrogen) atoms. The molecule has 210 valence electrons. The molecular formula is C33H41N5O2. The Balaban J connectivity index is 0.000000212. The Morgan fingerprint density at radius 1 is 0.750 bits per heavy atom. The van der Waals surface area contributed by atoms with E-state index in [1.807, 2.05) is 36.4 Å². The van der Waals surface area contributed by atoms with E-state index in [9.17, 15) is 4.79 Å². The van der Waals surface area contributed by atoms with Gasteiger partial charge in [-0.15, -0.1) is 10.2 Å². The first-order valence-corrected chi connectivity index (χ1v) is 13.2. The van der Waals surface area contributed by atoms with Crippen molar-refractivity contribution in [2.75, 3.05) is 0 Å². The Labute approximate surface area is 238 Å². The van der Waals surface area contributed by atoms with Crippen LogP contribution in [0.4, 0.5) is 0 Å². The van der Waals surface area contributed by atoms with Crippen LogP contribution in [0.1, 0.15) is 94.9 Å². The normalized spacial score (nSPS) is 11.3. The second-order valence-electron chi connectivity index (χ2n) is 12.6. The predicted molar refractivity (Wildman–Crippen MR) is 160 cm³/mol. The number of nitriles is 1. The first-order chi connectivity index (χ1) is 18.5. The smallest absolute Gasteiger partial charge is 0.335 e. The van der Waals surface area contributed by atoms with Crippen LogP contribution in [0.5, 0.6) is 0 Å². The van der Waals surface area contributed by atoms with Gasteiger partial charge >= 0.3 is 5.97 Å². The lowest BCUT2D eigenvalue weighted by molar-refractivity contribution is 0.0696. The number of hydrogen-bond acceptors (Lipinski definition) is 5. The van der Waals surface area contributed by atoms with Crippen LogP contribution in [0.3, 0.4) is 0 Å². The molecule has 0 amide bonds. The average molecular weight is 540 g/mol. The number of tetrazole rings is 1. The third-order valence-corrected chi connectivity index (χ3v) is 6.17. The highest BCUT2D eigenvalue weighted by Crippen LogP contribution is 2.26. The molecule has 1 aromatic heterocycles. The molecular weight excluding hydrogens is 498 g/mol. The molecule has 0 saturated carbocycles. The van der Waals surface area contributed by atoms with Crippen LogP contribution in [-0.4, -0.2) is 31.7 Å². The van der Waals surface area contributed by atoms with Crippen molar-refractivity contribution in [3.8, 4) is 17.5 Å². The molecule has 0 saturated heterocycles. The van der Waals surface area contributed by atoms with Crippen molar-refractivity contribution in [1.29, 1.82) is 5.26 Å². The lowest BCUT2D eigenvalue weighted by Gasteiger charge is -2.19. The SMILES string of the molecule is CC(C)(C)c1cccc(-c2nn[nH]n2)c1.CC(C)(C)c1cccc(C#N)c1.CC(C)(C)c1cccc(C(=O)O)c1. The van der Waals surface area contributed by atoms with Gasteiger partial charge in [0.2, 0.25) is 5.82 Å². The van der Waals surface area contributed by atoms with E-state index in [0.29, 0.717) is 11.4 Å². The van der Waals surface area contributed by atoms with E-state index < -0.39 is 5.97 Å². The molecule has 0 radical (unpaired) electrons. The summed E-state index contributed by atoms with van der Waals surface area (Å²) in [6.45, 7) is 19.2. The molecule has 4 rings (SSSR count). The summed E-state index contributed by atoms with van der Waals surface area (Å²) < 4.78 is 0. The standard InChI is InChI=1S/C11H14N4.C11H13N.C11H14O2/c1-11(2,3)9-6-4-5-8(7-9)10-12-14-15-13-10;1-11(2,3)10-6-4-5-9(7-10)8-12;1-11(2,3)9-6-4-5-8(7-9)10(12)13/h4-7H,1-3H3,(H,12,13,14,15);4-7H,1-3H3;4-7H,1-3H3,(H,12,13). The fraction of sp³-hybridized carbons (Fsp3) is 0.364. The van der Waals surface area contributed by atoms with E-state index >= 15 is 0 Å². The summed E-state index contributed by atoms with van der Waals surface area (Å²) in [5.41, 5.74) is 5.89. The maximum absolute atomic E-state index is 10.7. The largest absolute Gasteiger partial charge is 0.478 e. The number of nitrogens with zero attached hydrogens (tertiary/aromatic N) is 4. The molecule has 0 atom stereocenters. The summed E-state index contributed by atoms with van der Waals surface area (Å²) in [6, 6.07) is 25.2. The van der Waals surface area contributed by atoms with Gasteiger partial charge in [0, 0.05) is 5.56 Å². The number of carbonyl (C=O) groups is 1. The van der Waals surface area contributed by atoms with Crippen molar-refractivity contribution in [3.05, 3.63) is 101 Å². The van der Waals surface area contributed by atoms with Crippen LogP contribution in [0.2, 0.25) is 0 Å². The van der Waals surface area contributed by atoms with Gasteiger partial charge in [-0.1, -0.05) is 105 Å². The molecule has 7 nitrogen and oxygen atoms in total. The summed E-state index contributed by atoms with van der Waals surface area (Å²) in [7, 11) is 0. The van der Waals surface area contributed by atoms with Crippen LogP contribution in [0, 0.1) is 11.3 Å². The third kappa shape index (κ3) is 9.77. The van der Waals surface area contributed by atoms with E-state index in [4.69, 9.17) is 10.4 Å². The number of H-pyrrole nitrogens is 1. The Hall–Kier alpha value is -4.31. The molecule has 0 fully saturated rings. The number of aromatic nitrogens is 4. The van der Waals surface area contributed by atoms with Crippen LogP contribution >= 0.6 is 0 Å². The number of aromatic carboxylic acids is 1. The molecule has 0 spiro atoms. The zero-order chi connectivity index (χ0) is 30.1. The highest BCUT2D eigenvalue weighted by Gasteiger charge is 2.16. The number of rotatable bonds is 2. The first kappa shape index (κ1) is 31.9. The number of benzene rings is 3. The number of nitrogens with one attached hydrogen (secondary N) is 1. The van der Waals surface area contributed by atoms with E-state index in [-0.39, 0.29) is 16.2 Å². The van der Waals surface area contributed by atoms with E-state index in [2.05, 4.69) is 107 Å². The van der Waals surface area contributed by atoms with Crippen LogP contribution in [0.15, 0.2) is 72.8 Å². The summed E-state index contributed by atoms with van der Waals surface area (Å²) in [5.74, 6) is -0.229. The summed E-state index contributed by atoms with van der Waals surface area (Å²) in [5, 5.41) is 31.4. The lowest BCUT2D eigenvalue weighted by atomic mass is 9.86. The van der Waals surface area contributed by atoms with Gasteiger partial charge in [0.1, 0.15) is 0 Å². The maximum atomic E-state index is 10.7. The number of hydrogen-bond donors (Lipinski definition) is 2.